The first-order valence-electron chi connectivity index (χ1n) is 9.08. The summed E-state index contributed by atoms with van der Waals surface area (Å²) in [7, 11) is 1.71. The molecule has 3 aromatic rings. The largest absolute Gasteiger partial charge is 0.497 e. The number of hydrogen-bond donors (Lipinski definition) is 1. The molecule has 0 saturated carbocycles. The van der Waals surface area contributed by atoms with Crippen LogP contribution < -0.4 is 4.74 Å². The van der Waals surface area contributed by atoms with Gasteiger partial charge in [0, 0.05) is 12.6 Å². The number of nitrogens with one attached hydrogen (secondary N) is 1. The highest BCUT2D eigenvalue weighted by molar-refractivity contribution is 5.60. The Balaban J connectivity index is 1.61. The highest BCUT2D eigenvalue weighted by atomic mass is 16.5. The minimum absolute atomic E-state index is 0.290. The van der Waals surface area contributed by atoms with Crippen LogP contribution in [0.3, 0.4) is 0 Å². The Morgan fingerprint density at radius 1 is 1.31 bits per heavy atom. The summed E-state index contributed by atoms with van der Waals surface area (Å²) >= 11 is 0. The molecule has 136 valence electrons. The third-order valence-electron chi connectivity index (χ3n) is 5.03. The van der Waals surface area contributed by atoms with Gasteiger partial charge in [-0.3, -0.25) is 10.00 Å². The number of aromatic nitrogens is 3. The van der Waals surface area contributed by atoms with E-state index in [0.717, 1.165) is 48.0 Å². The molecule has 0 amide bonds. The van der Waals surface area contributed by atoms with Crippen LogP contribution in [0.1, 0.15) is 42.3 Å². The average Bonchev–Trinajstić information content (AvgIpc) is 3.31. The summed E-state index contributed by atoms with van der Waals surface area (Å²) in [5.74, 6) is 1.67. The monoisotopic (exact) mass is 352 g/mol. The van der Waals surface area contributed by atoms with E-state index in [4.69, 9.17) is 9.26 Å². The van der Waals surface area contributed by atoms with Gasteiger partial charge in [0.2, 0.25) is 0 Å². The van der Waals surface area contributed by atoms with Crippen molar-refractivity contribution < 1.29 is 9.26 Å². The van der Waals surface area contributed by atoms with Crippen molar-refractivity contribution in [2.45, 2.75) is 38.8 Å². The summed E-state index contributed by atoms with van der Waals surface area (Å²) in [6.07, 6.45) is 5.37. The highest BCUT2D eigenvalue weighted by Crippen LogP contribution is 2.36. The van der Waals surface area contributed by atoms with Gasteiger partial charge in [0.15, 0.2) is 5.76 Å². The molecule has 1 N–H and O–H groups in total. The van der Waals surface area contributed by atoms with E-state index in [1.807, 2.05) is 31.3 Å². The predicted octanol–water partition coefficient (Wildman–Crippen LogP) is 4.11. The van der Waals surface area contributed by atoms with E-state index < -0.39 is 0 Å². The molecule has 0 spiro atoms. The fourth-order valence-corrected chi connectivity index (χ4v) is 3.75. The zero-order valence-corrected chi connectivity index (χ0v) is 15.2. The van der Waals surface area contributed by atoms with E-state index in [0.29, 0.717) is 0 Å². The van der Waals surface area contributed by atoms with Crippen LogP contribution in [0.2, 0.25) is 0 Å². The predicted molar refractivity (Wildman–Crippen MR) is 98.8 cm³/mol. The quantitative estimate of drug-likeness (QED) is 0.748. The van der Waals surface area contributed by atoms with Crippen molar-refractivity contribution in [2.24, 2.45) is 0 Å². The normalized spacial score (nSPS) is 18.2. The van der Waals surface area contributed by atoms with E-state index in [9.17, 15) is 0 Å². The molecule has 3 heterocycles. The number of aryl methyl sites for hydroxylation is 1. The second kappa shape index (κ2) is 7.33. The lowest BCUT2D eigenvalue weighted by molar-refractivity contribution is 0.137. The molecule has 4 rings (SSSR count). The number of likely N-dealkylation sites (tertiary alicyclic amines) is 1. The van der Waals surface area contributed by atoms with Gasteiger partial charge in [-0.15, -0.1) is 0 Å². The van der Waals surface area contributed by atoms with Gasteiger partial charge in [0.1, 0.15) is 5.75 Å². The van der Waals surface area contributed by atoms with Crippen LogP contribution in [0.4, 0.5) is 0 Å². The van der Waals surface area contributed by atoms with Crippen molar-refractivity contribution in [3.8, 4) is 17.1 Å². The molecule has 1 saturated heterocycles. The molecular weight excluding hydrogens is 328 g/mol. The number of piperidine rings is 1. The topological polar surface area (TPSA) is 67.2 Å². The van der Waals surface area contributed by atoms with Crippen LogP contribution in [0, 0.1) is 6.92 Å². The number of rotatable bonds is 5. The molecule has 0 unspecified atom stereocenters. The van der Waals surface area contributed by atoms with Crippen LogP contribution in [0.15, 0.2) is 41.1 Å². The average molecular weight is 352 g/mol. The summed E-state index contributed by atoms with van der Waals surface area (Å²) in [5.41, 5.74) is 4.26. The first kappa shape index (κ1) is 16.8. The second-order valence-corrected chi connectivity index (χ2v) is 6.86. The summed E-state index contributed by atoms with van der Waals surface area (Å²) in [6.45, 7) is 3.88. The summed E-state index contributed by atoms with van der Waals surface area (Å²) < 4.78 is 10.8. The Morgan fingerprint density at radius 3 is 3.04 bits per heavy atom. The molecule has 0 bridgehead atoms. The smallest absolute Gasteiger partial charge is 0.170 e. The van der Waals surface area contributed by atoms with E-state index in [1.54, 1.807) is 7.11 Å². The molecule has 1 aromatic carbocycles. The number of nitrogens with zero attached hydrogens (tertiary/aromatic N) is 3. The van der Waals surface area contributed by atoms with Crippen molar-refractivity contribution in [1.29, 1.82) is 0 Å². The van der Waals surface area contributed by atoms with Crippen LogP contribution in [0.25, 0.3) is 11.3 Å². The highest BCUT2D eigenvalue weighted by Gasteiger charge is 2.28. The van der Waals surface area contributed by atoms with Crippen molar-refractivity contribution in [3.05, 3.63) is 53.5 Å². The molecule has 6 nitrogen and oxygen atoms in total. The Bertz CT molecular complexity index is 870. The number of methoxy groups -OCH3 is 1. The van der Waals surface area contributed by atoms with Gasteiger partial charge in [0.05, 0.1) is 36.3 Å². The summed E-state index contributed by atoms with van der Waals surface area (Å²) in [6, 6.07) is 10.5. The Hall–Kier alpha value is -2.60. The molecular formula is C20H24N4O2. The van der Waals surface area contributed by atoms with Gasteiger partial charge in [-0.2, -0.15) is 5.10 Å². The number of benzene rings is 1. The maximum absolute atomic E-state index is 5.48. The zero-order valence-electron chi connectivity index (χ0n) is 15.2. The van der Waals surface area contributed by atoms with Crippen molar-refractivity contribution in [3.63, 3.8) is 0 Å². The lowest BCUT2D eigenvalue weighted by Crippen LogP contribution is -2.33. The number of hydrogen-bond acceptors (Lipinski definition) is 5. The lowest BCUT2D eigenvalue weighted by Gasteiger charge is -2.35. The summed E-state index contributed by atoms with van der Waals surface area (Å²) in [5, 5.41) is 11.5. The first-order valence-corrected chi connectivity index (χ1v) is 9.08. The van der Waals surface area contributed by atoms with Crippen LogP contribution >= 0.6 is 0 Å². The first-order chi connectivity index (χ1) is 12.7. The standard InChI is InChI=1S/C20H24N4O2/c1-14-10-19(26-23-14)17-12-21-22-20(17)18-8-3-4-9-24(18)13-15-6-5-7-16(11-15)25-2/h5-7,10-12,18H,3-4,8-9,13H2,1-2H3,(H,21,22)/t18-/m0/s1. The van der Waals surface area contributed by atoms with Crippen LogP contribution in [-0.2, 0) is 6.54 Å². The van der Waals surface area contributed by atoms with Gasteiger partial charge in [-0.25, -0.2) is 0 Å². The van der Waals surface area contributed by atoms with Crippen LogP contribution in [-0.4, -0.2) is 33.9 Å². The van der Waals surface area contributed by atoms with Gasteiger partial charge >= 0.3 is 0 Å². The minimum atomic E-state index is 0.290. The molecule has 0 radical (unpaired) electrons. The van der Waals surface area contributed by atoms with E-state index in [-0.39, 0.29) is 6.04 Å². The zero-order chi connectivity index (χ0) is 17.9. The van der Waals surface area contributed by atoms with Crippen molar-refractivity contribution >= 4 is 0 Å². The molecule has 1 aliphatic rings. The van der Waals surface area contributed by atoms with Gasteiger partial charge < -0.3 is 9.26 Å². The third kappa shape index (κ3) is 3.37. The Morgan fingerprint density at radius 2 is 2.23 bits per heavy atom. The Labute approximate surface area is 153 Å². The van der Waals surface area contributed by atoms with Gasteiger partial charge in [0.25, 0.3) is 0 Å². The van der Waals surface area contributed by atoms with Gasteiger partial charge in [-0.05, 0) is 44.0 Å². The molecule has 2 aromatic heterocycles. The molecule has 0 aliphatic carbocycles. The van der Waals surface area contributed by atoms with E-state index in [2.05, 4.69) is 32.4 Å². The fraction of sp³-hybridized carbons (Fsp3) is 0.400. The van der Waals surface area contributed by atoms with Crippen LogP contribution in [0.5, 0.6) is 5.75 Å². The second-order valence-electron chi connectivity index (χ2n) is 6.86. The Kier molecular flexibility index (Phi) is 4.75. The number of ether oxygens (including phenoxy) is 1. The molecule has 1 aliphatic heterocycles. The van der Waals surface area contributed by atoms with Gasteiger partial charge in [-0.1, -0.05) is 23.7 Å². The molecule has 6 heteroatoms. The maximum Gasteiger partial charge on any atom is 0.170 e. The van der Waals surface area contributed by atoms with E-state index in [1.165, 1.54) is 18.4 Å². The SMILES string of the molecule is COc1cccc(CN2CCCC[C@H]2c2[nH]ncc2-c2cc(C)no2)c1. The maximum atomic E-state index is 5.48. The lowest BCUT2D eigenvalue weighted by atomic mass is 9.95. The molecule has 26 heavy (non-hydrogen) atoms. The van der Waals surface area contributed by atoms with Crippen molar-refractivity contribution in [2.75, 3.05) is 13.7 Å². The minimum Gasteiger partial charge on any atom is -0.497 e. The number of H-pyrrole nitrogens is 1. The third-order valence-corrected chi connectivity index (χ3v) is 5.03. The fourth-order valence-electron chi connectivity index (χ4n) is 3.75. The number of aromatic amines is 1. The molecule has 1 fully saturated rings. The molecule has 1 atom stereocenters. The van der Waals surface area contributed by atoms with Crippen molar-refractivity contribution in [1.82, 2.24) is 20.3 Å². The summed E-state index contributed by atoms with van der Waals surface area (Å²) in [4.78, 5) is 2.51. The van der Waals surface area contributed by atoms with E-state index >= 15 is 0 Å².